The van der Waals surface area contributed by atoms with Gasteiger partial charge in [0, 0.05) is 40.3 Å². The highest BCUT2D eigenvalue weighted by Crippen LogP contribution is 2.29. The van der Waals surface area contributed by atoms with E-state index in [0.717, 1.165) is 16.8 Å². The van der Waals surface area contributed by atoms with Crippen LogP contribution in [-0.4, -0.2) is 31.7 Å². The van der Waals surface area contributed by atoms with Gasteiger partial charge in [-0.25, -0.2) is 12.7 Å². The summed E-state index contributed by atoms with van der Waals surface area (Å²) in [6.07, 6.45) is 0.957. The first-order chi connectivity index (χ1) is 13.7. The van der Waals surface area contributed by atoms with Gasteiger partial charge in [0.25, 0.3) is 0 Å². The van der Waals surface area contributed by atoms with Crippen LogP contribution >= 0.6 is 23.2 Å². The maximum atomic E-state index is 12.8. The fourth-order valence-corrected chi connectivity index (χ4v) is 5.89. The zero-order valence-electron chi connectivity index (χ0n) is 16.4. The van der Waals surface area contributed by atoms with Crippen LogP contribution in [0.3, 0.4) is 0 Å². The van der Waals surface area contributed by atoms with Crippen molar-refractivity contribution >= 4 is 44.8 Å². The van der Waals surface area contributed by atoms with Crippen LogP contribution < -0.4 is 5.32 Å². The molecule has 29 heavy (non-hydrogen) atoms. The molecular weight excluding hydrogens is 431 g/mol. The average molecular weight is 455 g/mol. The molecule has 1 aliphatic rings. The van der Waals surface area contributed by atoms with Crippen molar-refractivity contribution in [3.8, 4) is 0 Å². The molecule has 2 aromatic rings. The zero-order valence-corrected chi connectivity index (χ0v) is 18.7. The Morgan fingerprint density at radius 2 is 1.55 bits per heavy atom. The number of amides is 1. The molecule has 5 nitrogen and oxygen atoms in total. The van der Waals surface area contributed by atoms with Gasteiger partial charge in [-0.2, -0.15) is 0 Å². The number of hydrogen-bond acceptors (Lipinski definition) is 3. The summed E-state index contributed by atoms with van der Waals surface area (Å²) in [7, 11) is -3.57. The molecule has 1 aliphatic heterocycles. The molecule has 2 aromatic carbocycles. The molecule has 1 amide bonds. The van der Waals surface area contributed by atoms with Gasteiger partial charge in [-0.3, -0.25) is 4.79 Å². The highest BCUT2D eigenvalue weighted by molar-refractivity contribution is 7.88. The smallest absolute Gasteiger partial charge is 0.227 e. The van der Waals surface area contributed by atoms with Crippen LogP contribution in [0.25, 0.3) is 0 Å². The van der Waals surface area contributed by atoms with Gasteiger partial charge in [-0.1, -0.05) is 47.5 Å². The summed E-state index contributed by atoms with van der Waals surface area (Å²) in [5.41, 5.74) is 3.26. The summed E-state index contributed by atoms with van der Waals surface area (Å²) >= 11 is 12.2. The number of benzene rings is 2. The van der Waals surface area contributed by atoms with Gasteiger partial charge in [0.2, 0.25) is 15.9 Å². The van der Waals surface area contributed by atoms with Crippen LogP contribution in [0.1, 0.15) is 29.5 Å². The number of aryl methyl sites for hydroxylation is 2. The van der Waals surface area contributed by atoms with Crippen LogP contribution in [0.5, 0.6) is 0 Å². The number of carbonyl (C=O) groups is 1. The van der Waals surface area contributed by atoms with Gasteiger partial charge < -0.3 is 5.32 Å². The lowest BCUT2D eigenvalue weighted by Gasteiger charge is -2.31. The van der Waals surface area contributed by atoms with Crippen LogP contribution in [0.4, 0.5) is 5.69 Å². The predicted molar refractivity (Wildman–Crippen MR) is 118 cm³/mol. The molecule has 3 rings (SSSR count). The number of nitrogens with one attached hydrogen (secondary N) is 1. The van der Waals surface area contributed by atoms with E-state index in [9.17, 15) is 13.2 Å². The number of sulfonamides is 1. The SMILES string of the molecule is Cc1cccc(C)c1NC(=O)C1CCN(S(=O)(=O)Cc2c(Cl)cccc2Cl)CC1. The maximum Gasteiger partial charge on any atom is 0.227 e. The molecule has 0 bridgehead atoms. The van der Waals surface area contributed by atoms with Crippen LogP contribution in [-0.2, 0) is 20.6 Å². The van der Waals surface area contributed by atoms with E-state index in [1.54, 1.807) is 18.2 Å². The molecule has 156 valence electrons. The molecular formula is C21H24Cl2N2O3S. The van der Waals surface area contributed by atoms with Gasteiger partial charge >= 0.3 is 0 Å². The summed E-state index contributed by atoms with van der Waals surface area (Å²) < 4.78 is 27.1. The van der Waals surface area contributed by atoms with Crippen LogP contribution in [0.2, 0.25) is 10.0 Å². The quantitative estimate of drug-likeness (QED) is 0.705. The van der Waals surface area contributed by atoms with Gasteiger partial charge in [-0.15, -0.1) is 0 Å². The minimum atomic E-state index is -3.57. The lowest BCUT2D eigenvalue weighted by molar-refractivity contribution is -0.120. The third-order valence-electron chi connectivity index (χ3n) is 5.34. The Kier molecular flexibility index (Phi) is 6.89. The molecule has 0 spiro atoms. The van der Waals surface area contributed by atoms with E-state index in [-0.39, 0.29) is 17.6 Å². The summed E-state index contributed by atoms with van der Waals surface area (Å²) in [5, 5.41) is 3.69. The highest BCUT2D eigenvalue weighted by Gasteiger charge is 2.32. The molecule has 1 heterocycles. The minimum Gasteiger partial charge on any atom is -0.325 e. The molecule has 1 N–H and O–H groups in total. The largest absolute Gasteiger partial charge is 0.325 e. The number of anilines is 1. The van der Waals surface area contributed by atoms with E-state index in [4.69, 9.17) is 23.2 Å². The second-order valence-corrected chi connectivity index (χ2v) is 10.2. The molecule has 0 saturated carbocycles. The highest BCUT2D eigenvalue weighted by atomic mass is 35.5. The summed E-state index contributed by atoms with van der Waals surface area (Å²) in [4.78, 5) is 12.7. The Balaban J connectivity index is 1.63. The van der Waals surface area contributed by atoms with Crippen LogP contribution in [0.15, 0.2) is 36.4 Å². The second-order valence-electron chi connectivity index (χ2n) is 7.39. The molecule has 0 unspecified atom stereocenters. The van der Waals surface area contributed by atoms with Gasteiger partial charge in [0.15, 0.2) is 0 Å². The van der Waals surface area contributed by atoms with E-state index < -0.39 is 10.0 Å². The minimum absolute atomic E-state index is 0.0615. The fourth-order valence-electron chi connectivity index (χ4n) is 3.58. The Morgan fingerprint density at radius 1 is 1.03 bits per heavy atom. The van der Waals surface area contributed by atoms with E-state index in [1.807, 2.05) is 32.0 Å². The lowest BCUT2D eigenvalue weighted by atomic mass is 9.96. The van der Waals surface area contributed by atoms with E-state index in [2.05, 4.69) is 5.32 Å². The number of carbonyl (C=O) groups excluding carboxylic acids is 1. The molecule has 0 atom stereocenters. The Morgan fingerprint density at radius 3 is 2.10 bits per heavy atom. The monoisotopic (exact) mass is 454 g/mol. The maximum absolute atomic E-state index is 12.8. The first-order valence-electron chi connectivity index (χ1n) is 9.47. The molecule has 0 aliphatic carbocycles. The van der Waals surface area contributed by atoms with Crippen LogP contribution in [0, 0.1) is 19.8 Å². The Hall–Kier alpha value is -1.60. The molecule has 8 heteroatoms. The van der Waals surface area contributed by atoms with Gasteiger partial charge in [0.05, 0.1) is 5.75 Å². The fraction of sp³-hybridized carbons (Fsp3) is 0.381. The summed E-state index contributed by atoms with van der Waals surface area (Å²) in [5.74, 6) is -0.525. The third kappa shape index (κ3) is 5.12. The van der Waals surface area contributed by atoms with Crippen molar-refractivity contribution in [3.63, 3.8) is 0 Å². The number of para-hydroxylation sites is 1. The zero-order chi connectivity index (χ0) is 21.2. The summed E-state index contributed by atoms with van der Waals surface area (Å²) in [6, 6.07) is 10.8. The normalized spacial score (nSPS) is 16.0. The van der Waals surface area contributed by atoms with Gasteiger partial charge in [0.1, 0.15) is 0 Å². The van der Waals surface area contributed by atoms with Crippen molar-refractivity contribution in [1.29, 1.82) is 0 Å². The topological polar surface area (TPSA) is 66.5 Å². The first kappa shape index (κ1) is 22.1. The first-order valence-corrected chi connectivity index (χ1v) is 11.8. The van der Waals surface area contributed by atoms with E-state index in [0.29, 0.717) is 41.5 Å². The molecule has 1 saturated heterocycles. The standard InChI is InChI=1S/C21H24Cl2N2O3S/c1-14-5-3-6-15(2)20(14)24-21(26)16-9-11-25(12-10-16)29(27,28)13-17-18(22)7-4-8-19(17)23/h3-8,16H,9-13H2,1-2H3,(H,24,26). The Labute approximate surface area is 182 Å². The Bertz CT molecular complexity index is 976. The average Bonchev–Trinajstić information content (AvgIpc) is 2.68. The third-order valence-corrected chi connectivity index (χ3v) is 7.85. The van der Waals surface area contributed by atoms with Crippen molar-refractivity contribution < 1.29 is 13.2 Å². The predicted octanol–water partition coefficient (Wildman–Crippen LogP) is 4.79. The van der Waals surface area contributed by atoms with Crippen molar-refractivity contribution in [2.75, 3.05) is 18.4 Å². The summed E-state index contributed by atoms with van der Waals surface area (Å²) in [6.45, 7) is 4.51. The van der Waals surface area contributed by atoms with Crippen molar-refractivity contribution in [2.45, 2.75) is 32.4 Å². The molecule has 0 radical (unpaired) electrons. The van der Waals surface area contributed by atoms with Crippen molar-refractivity contribution in [1.82, 2.24) is 4.31 Å². The molecule has 1 fully saturated rings. The molecule has 0 aromatic heterocycles. The number of piperidine rings is 1. The van der Waals surface area contributed by atoms with Gasteiger partial charge in [-0.05, 0) is 49.9 Å². The van der Waals surface area contributed by atoms with Crippen molar-refractivity contribution in [3.05, 3.63) is 63.1 Å². The lowest BCUT2D eigenvalue weighted by Crippen LogP contribution is -2.42. The van der Waals surface area contributed by atoms with E-state index >= 15 is 0 Å². The number of nitrogens with zero attached hydrogens (tertiary/aromatic N) is 1. The number of halogens is 2. The number of hydrogen-bond donors (Lipinski definition) is 1. The number of rotatable bonds is 5. The second kappa shape index (κ2) is 9.04. The van der Waals surface area contributed by atoms with Crippen molar-refractivity contribution in [2.24, 2.45) is 5.92 Å². The van der Waals surface area contributed by atoms with E-state index in [1.165, 1.54) is 4.31 Å².